The molecule has 0 bridgehead atoms. The van der Waals surface area contributed by atoms with Crippen molar-refractivity contribution in [3.05, 3.63) is 119 Å². The van der Waals surface area contributed by atoms with Gasteiger partial charge in [-0.1, -0.05) is 66.7 Å². The number of carbonyl (C=O) groups is 1. The summed E-state index contributed by atoms with van der Waals surface area (Å²) in [4.78, 5) is 13.1. The summed E-state index contributed by atoms with van der Waals surface area (Å²) in [7, 11) is 0. The molecule has 1 fully saturated rings. The molecule has 5 rings (SSSR count). The molecule has 37 heavy (non-hydrogen) atoms. The number of nitrogens with zero attached hydrogens (tertiary/aromatic N) is 2. The number of hydrogen-bond donors (Lipinski definition) is 1. The first kappa shape index (κ1) is 24.8. The summed E-state index contributed by atoms with van der Waals surface area (Å²) < 4.78 is 7.31. The number of aryl methyl sites for hydroxylation is 2. The normalized spacial score (nSPS) is 17.7. The lowest BCUT2D eigenvalue weighted by atomic mass is 9.87. The summed E-state index contributed by atoms with van der Waals surface area (Å²) in [5, 5.41) is 24.8. The largest absolute Gasteiger partial charge is 0.618 e. The average Bonchev–Trinajstić information content (AvgIpc) is 2.93. The highest BCUT2D eigenvalue weighted by molar-refractivity contribution is 5.82. The Balaban J connectivity index is 1.27. The number of hydrogen-bond acceptors (Lipinski definition) is 3. The fraction of sp³-hybridized carbons (Fsp3) is 0.290. The summed E-state index contributed by atoms with van der Waals surface area (Å²) in [6, 6.07) is 28.6. The van der Waals surface area contributed by atoms with Gasteiger partial charge in [0.1, 0.15) is 0 Å². The zero-order valence-electron chi connectivity index (χ0n) is 20.8. The van der Waals surface area contributed by atoms with Crippen molar-refractivity contribution in [2.75, 3.05) is 13.1 Å². The minimum absolute atomic E-state index is 0.0466. The smallest absolute Gasteiger partial charge is 0.407 e. The number of fused-ring (bicyclic) bond motifs is 1. The molecule has 2 unspecified atom stereocenters. The average molecular weight is 497 g/mol. The number of ether oxygens (including phenoxy) is 1. The van der Waals surface area contributed by atoms with Crippen LogP contribution in [0.25, 0.3) is 10.8 Å². The number of amides is 1. The first-order chi connectivity index (χ1) is 18.1. The molecule has 2 atom stereocenters. The van der Waals surface area contributed by atoms with Crippen LogP contribution in [0.15, 0.2) is 91.1 Å². The van der Waals surface area contributed by atoms with E-state index >= 15 is 0 Å². The maximum absolute atomic E-state index is 12.9. The summed E-state index contributed by atoms with van der Waals surface area (Å²) >= 11 is 0. The van der Waals surface area contributed by atoms with E-state index in [0.29, 0.717) is 26.0 Å². The predicted octanol–water partition coefficient (Wildman–Crippen LogP) is 5.70. The maximum atomic E-state index is 12.9. The number of carboxylic acid groups (broad SMARTS) is 1. The van der Waals surface area contributed by atoms with Crippen molar-refractivity contribution in [1.82, 2.24) is 4.90 Å². The van der Waals surface area contributed by atoms with Crippen LogP contribution in [-0.2, 0) is 24.2 Å². The number of likely N-dealkylation sites (tertiary alicyclic amines) is 1. The number of rotatable bonds is 8. The molecule has 1 N–H and O–H groups in total. The van der Waals surface area contributed by atoms with Crippen LogP contribution < -0.4 is 4.73 Å². The molecular weight excluding hydrogens is 464 g/mol. The van der Waals surface area contributed by atoms with Crippen LogP contribution >= 0.6 is 0 Å². The van der Waals surface area contributed by atoms with Crippen molar-refractivity contribution >= 4 is 16.9 Å². The van der Waals surface area contributed by atoms with E-state index in [9.17, 15) is 15.1 Å². The van der Waals surface area contributed by atoms with Crippen LogP contribution in [0.1, 0.15) is 41.1 Å². The SMILES string of the molecule is O=C(O)N1CCC(c2ccc(CCCc3ccccc3)[n+]([O-])c2)C(OCc2ccc3ccccc3c2)C1. The highest BCUT2D eigenvalue weighted by atomic mass is 16.5. The van der Waals surface area contributed by atoms with E-state index in [1.807, 2.05) is 48.5 Å². The molecule has 0 radical (unpaired) electrons. The Kier molecular flexibility index (Phi) is 7.66. The quantitative estimate of drug-likeness (QED) is 0.251. The third-order valence-corrected chi connectivity index (χ3v) is 7.29. The summed E-state index contributed by atoms with van der Waals surface area (Å²) in [6.07, 6.45) is 3.54. The topological polar surface area (TPSA) is 76.7 Å². The maximum Gasteiger partial charge on any atom is 0.407 e. The number of aromatic nitrogens is 1. The number of pyridine rings is 1. The second kappa shape index (κ2) is 11.4. The molecule has 4 aromatic rings. The molecular formula is C31H32N2O4. The second-order valence-electron chi connectivity index (χ2n) is 9.77. The minimum atomic E-state index is -0.939. The van der Waals surface area contributed by atoms with Gasteiger partial charge in [-0.05, 0) is 53.3 Å². The van der Waals surface area contributed by atoms with Crippen molar-refractivity contribution in [3.63, 3.8) is 0 Å². The van der Waals surface area contributed by atoms with Gasteiger partial charge in [-0.2, -0.15) is 4.73 Å². The Bertz CT molecular complexity index is 1360. The van der Waals surface area contributed by atoms with Crippen molar-refractivity contribution in [2.24, 2.45) is 0 Å². The Morgan fingerprint density at radius 3 is 2.51 bits per heavy atom. The van der Waals surface area contributed by atoms with Gasteiger partial charge in [0.2, 0.25) is 0 Å². The molecule has 0 spiro atoms. The molecule has 190 valence electrons. The van der Waals surface area contributed by atoms with Gasteiger partial charge in [0.15, 0.2) is 11.9 Å². The van der Waals surface area contributed by atoms with Gasteiger partial charge in [0.05, 0.1) is 19.3 Å². The van der Waals surface area contributed by atoms with Crippen molar-refractivity contribution in [3.8, 4) is 0 Å². The van der Waals surface area contributed by atoms with E-state index < -0.39 is 6.09 Å². The molecule has 1 saturated heterocycles. The van der Waals surface area contributed by atoms with E-state index in [2.05, 4.69) is 36.4 Å². The molecule has 1 aliphatic heterocycles. The Morgan fingerprint density at radius 2 is 1.73 bits per heavy atom. The molecule has 1 aromatic heterocycles. The molecule has 6 nitrogen and oxygen atoms in total. The Hall–Kier alpha value is -3.90. The highest BCUT2D eigenvalue weighted by Gasteiger charge is 2.34. The van der Waals surface area contributed by atoms with Gasteiger partial charge < -0.3 is 20.0 Å². The van der Waals surface area contributed by atoms with E-state index in [4.69, 9.17) is 4.74 Å². The summed E-state index contributed by atoms with van der Waals surface area (Å²) in [5.74, 6) is -0.0466. The summed E-state index contributed by atoms with van der Waals surface area (Å²) in [5.41, 5.74) is 3.96. The second-order valence-corrected chi connectivity index (χ2v) is 9.77. The molecule has 3 aromatic carbocycles. The van der Waals surface area contributed by atoms with Crippen LogP contribution in [0.2, 0.25) is 0 Å². The van der Waals surface area contributed by atoms with Gasteiger partial charge in [0.25, 0.3) is 0 Å². The fourth-order valence-corrected chi connectivity index (χ4v) is 5.23. The molecule has 0 aliphatic carbocycles. The Labute approximate surface area is 217 Å². The van der Waals surface area contributed by atoms with Gasteiger partial charge >= 0.3 is 6.09 Å². The molecule has 2 heterocycles. The Morgan fingerprint density at radius 1 is 0.946 bits per heavy atom. The zero-order chi connectivity index (χ0) is 25.6. The monoisotopic (exact) mass is 496 g/mol. The standard InChI is InChI=1S/C31H32N2O4/c34-31(35)32-18-17-29(30(21-32)37-22-24-13-14-25-10-4-5-11-26(25)19-24)27-15-16-28(33(36)20-27)12-6-9-23-7-2-1-3-8-23/h1-5,7-8,10-11,13-16,19-20,29-30H,6,9,12,17-18,21-22H2,(H,34,35). The molecule has 6 heteroatoms. The number of benzene rings is 3. The van der Waals surface area contributed by atoms with Crippen molar-refractivity contribution < 1.29 is 19.4 Å². The van der Waals surface area contributed by atoms with E-state index in [1.54, 1.807) is 6.20 Å². The van der Waals surface area contributed by atoms with Gasteiger partial charge in [0, 0.05) is 30.5 Å². The minimum Gasteiger partial charge on any atom is -0.618 e. The molecule has 1 aliphatic rings. The lowest BCUT2D eigenvalue weighted by molar-refractivity contribution is -0.614. The van der Waals surface area contributed by atoms with E-state index in [-0.39, 0.29) is 18.6 Å². The predicted molar refractivity (Wildman–Crippen MR) is 143 cm³/mol. The van der Waals surface area contributed by atoms with Gasteiger partial charge in [-0.25, -0.2) is 4.79 Å². The van der Waals surface area contributed by atoms with Crippen LogP contribution in [0.4, 0.5) is 4.79 Å². The van der Waals surface area contributed by atoms with Crippen LogP contribution in [0.5, 0.6) is 0 Å². The molecule has 0 saturated carbocycles. The fourth-order valence-electron chi connectivity index (χ4n) is 5.23. The molecule has 1 amide bonds. The van der Waals surface area contributed by atoms with Crippen LogP contribution in [0, 0.1) is 5.21 Å². The summed E-state index contributed by atoms with van der Waals surface area (Å²) in [6.45, 7) is 1.09. The van der Waals surface area contributed by atoms with Crippen molar-refractivity contribution in [1.29, 1.82) is 0 Å². The van der Waals surface area contributed by atoms with Crippen molar-refractivity contribution in [2.45, 2.75) is 44.3 Å². The first-order valence-corrected chi connectivity index (χ1v) is 12.9. The zero-order valence-corrected chi connectivity index (χ0v) is 20.8. The first-order valence-electron chi connectivity index (χ1n) is 12.9. The third-order valence-electron chi connectivity index (χ3n) is 7.29. The third kappa shape index (κ3) is 6.09. The lowest BCUT2D eigenvalue weighted by Gasteiger charge is -2.37. The van der Waals surface area contributed by atoms with E-state index in [1.165, 1.54) is 15.8 Å². The highest BCUT2D eigenvalue weighted by Crippen LogP contribution is 2.31. The number of piperidine rings is 1. The lowest BCUT2D eigenvalue weighted by Crippen LogP contribution is -2.46. The van der Waals surface area contributed by atoms with Crippen LogP contribution in [0.3, 0.4) is 0 Å². The van der Waals surface area contributed by atoms with E-state index in [0.717, 1.165) is 39.8 Å². The van der Waals surface area contributed by atoms with Crippen LogP contribution in [-0.4, -0.2) is 35.3 Å². The van der Waals surface area contributed by atoms with Gasteiger partial charge in [-0.15, -0.1) is 0 Å². The van der Waals surface area contributed by atoms with Gasteiger partial charge in [-0.3, -0.25) is 0 Å².